The summed E-state index contributed by atoms with van der Waals surface area (Å²) in [5.41, 5.74) is 7.41. The summed E-state index contributed by atoms with van der Waals surface area (Å²) in [6.45, 7) is 2.27. The van der Waals surface area contributed by atoms with E-state index in [0.29, 0.717) is 6.04 Å². The van der Waals surface area contributed by atoms with Gasteiger partial charge in [0.05, 0.1) is 0 Å². The van der Waals surface area contributed by atoms with Crippen LogP contribution in [0.1, 0.15) is 31.7 Å². The average molecular weight is 286 g/mol. The third-order valence-corrected chi connectivity index (χ3v) is 4.24. The lowest BCUT2D eigenvalue weighted by Gasteiger charge is -2.24. The van der Waals surface area contributed by atoms with Crippen LogP contribution < -0.4 is 5.73 Å². The summed E-state index contributed by atoms with van der Waals surface area (Å²) in [6, 6.07) is 5.27. The van der Waals surface area contributed by atoms with Crippen LogP contribution >= 0.6 is 15.9 Å². The summed E-state index contributed by atoms with van der Waals surface area (Å²) in [4.78, 5) is 0. The Hall–Kier alpha value is -0.410. The van der Waals surface area contributed by atoms with Crippen molar-refractivity contribution in [2.24, 2.45) is 11.1 Å². The molecule has 1 aromatic rings. The van der Waals surface area contributed by atoms with Gasteiger partial charge in [0.15, 0.2) is 0 Å². The molecule has 1 saturated carbocycles. The standard InChI is InChI=1S/C13H17BrFN/c1-13(5-4-11(16)8-13)7-9-2-3-10(15)6-12(9)14/h2-3,6,11H,4-5,7-8,16H2,1H3. The SMILES string of the molecule is CC1(Cc2ccc(F)cc2Br)CCC(N)C1. The third kappa shape index (κ3) is 2.64. The first-order valence-electron chi connectivity index (χ1n) is 5.68. The highest BCUT2D eigenvalue weighted by molar-refractivity contribution is 9.10. The Labute approximate surface area is 104 Å². The molecular weight excluding hydrogens is 269 g/mol. The van der Waals surface area contributed by atoms with Gasteiger partial charge in [-0.05, 0) is 48.8 Å². The molecule has 1 aromatic carbocycles. The van der Waals surface area contributed by atoms with Crippen molar-refractivity contribution in [3.05, 3.63) is 34.1 Å². The van der Waals surface area contributed by atoms with Gasteiger partial charge in [0.1, 0.15) is 5.82 Å². The number of benzene rings is 1. The molecule has 3 heteroatoms. The summed E-state index contributed by atoms with van der Waals surface area (Å²) < 4.78 is 13.8. The highest BCUT2D eigenvalue weighted by atomic mass is 79.9. The Morgan fingerprint density at radius 2 is 2.31 bits per heavy atom. The molecule has 0 bridgehead atoms. The van der Waals surface area contributed by atoms with Gasteiger partial charge in [-0.1, -0.05) is 28.9 Å². The maximum absolute atomic E-state index is 13.0. The Balaban J connectivity index is 2.14. The molecule has 1 nitrogen and oxygen atoms in total. The maximum Gasteiger partial charge on any atom is 0.124 e. The second-order valence-electron chi connectivity index (χ2n) is 5.23. The zero-order valence-corrected chi connectivity index (χ0v) is 11.1. The van der Waals surface area contributed by atoms with Crippen molar-refractivity contribution >= 4 is 15.9 Å². The summed E-state index contributed by atoms with van der Waals surface area (Å²) in [6.07, 6.45) is 4.31. The van der Waals surface area contributed by atoms with Crippen LogP contribution in [0.3, 0.4) is 0 Å². The van der Waals surface area contributed by atoms with E-state index in [0.717, 1.165) is 30.2 Å². The predicted molar refractivity (Wildman–Crippen MR) is 67.7 cm³/mol. The topological polar surface area (TPSA) is 26.0 Å². The van der Waals surface area contributed by atoms with Gasteiger partial charge >= 0.3 is 0 Å². The monoisotopic (exact) mass is 285 g/mol. The summed E-state index contributed by atoms with van der Waals surface area (Å²) in [7, 11) is 0. The Kier molecular flexibility index (Phi) is 3.36. The molecule has 1 aliphatic carbocycles. The molecule has 0 aliphatic heterocycles. The molecule has 0 aromatic heterocycles. The summed E-state index contributed by atoms with van der Waals surface area (Å²) >= 11 is 3.42. The lowest BCUT2D eigenvalue weighted by Crippen LogP contribution is -2.21. The third-order valence-electron chi connectivity index (χ3n) is 3.51. The molecule has 2 N–H and O–H groups in total. The minimum Gasteiger partial charge on any atom is -0.328 e. The largest absolute Gasteiger partial charge is 0.328 e. The summed E-state index contributed by atoms with van der Waals surface area (Å²) in [5, 5.41) is 0. The second-order valence-corrected chi connectivity index (χ2v) is 6.08. The number of hydrogen-bond donors (Lipinski definition) is 1. The molecule has 1 fully saturated rings. The number of rotatable bonds is 2. The molecule has 1 aliphatic rings. The van der Waals surface area contributed by atoms with Crippen LogP contribution in [-0.2, 0) is 6.42 Å². The van der Waals surface area contributed by atoms with Crippen LogP contribution in [0, 0.1) is 11.2 Å². The van der Waals surface area contributed by atoms with Crippen LogP contribution in [0.2, 0.25) is 0 Å². The molecule has 2 atom stereocenters. The van der Waals surface area contributed by atoms with E-state index in [-0.39, 0.29) is 11.2 Å². The predicted octanol–water partition coefficient (Wildman–Crippen LogP) is 3.65. The molecule has 0 heterocycles. The van der Waals surface area contributed by atoms with Gasteiger partial charge in [-0.25, -0.2) is 4.39 Å². The van der Waals surface area contributed by atoms with Crippen molar-refractivity contribution in [2.45, 2.75) is 38.6 Å². The number of hydrogen-bond acceptors (Lipinski definition) is 1. The fourth-order valence-electron chi connectivity index (χ4n) is 2.66. The number of nitrogens with two attached hydrogens (primary N) is 1. The van der Waals surface area contributed by atoms with Gasteiger partial charge in [-0.2, -0.15) is 0 Å². The van der Waals surface area contributed by atoms with Gasteiger partial charge < -0.3 is 5.73 Å². The van der Waals surface area contributed by atoms with Crippen molar-refractivity contribution in [2.75, 3.05) is 0 Å². The maximum atomic E-state index is 13.0. The van der Waals surface area contributed by atoms with Crippen LogP contribution in [0.5, 0.6) is 0 Å². The zero-order valence-electron chi connectivity index (χ0n) is 9.47. The zero-order chi connectivity index (χ0) is 11.8. The molecule has 2 rings (SSSR count). The fraction of sp³-hybridized carbons (Fsp3) is 0.538. The molecule has 16 heavy (non-hydrogen) atoms. The molecular formula is C13H17BrFN. The molecule has 0 spiro atoms. The van der Waals surface area contributed by atoms with E-state index >= 15 is 0 Å². The van der Waals surface area contributed by atoms with Gasteiger partial charge in [0, 0.05) is 10.5 Å². The van der Waals surface area contributed by atoms with Crippen molar-refractivity contribution < 1.29 is 4.39 Å². The van der Waals surface area contributed by atoms with Crippen LogP contribution in [0.4, 0.5) is 4.39 Å². The van der Waals surface area contributed by atoms with Crippen molar-refractivity contribution in [1.29, 1.82) is 0 Å². The molecule has 2 unspecified atom stereocenters. The first-order valence-corrected chi connectivity index (χ1v) is 6.47. The minimum atomic E-state index is -0.191. The fourth-order valence-corrected chi connectivity index (χ4v) is 3.15. The Morgan fingerprint density at radius 3 is 2.88 bits per heavy atom. The quantitative estimate of drug-likeness (QED) is 0.882. The van der Waals surface area contributed by atoms with Gasteiger partial charge in [0.25, 0.3) is 0 Å². The minimum absolute atomic E-state index is 0.191. The lowest BCUT2D eigenvalue weighted by atomic mass is 9.82. The van der Waals surface area contributed by atoms with E-state index in [2.05, 4.69) is 22.9 Å². The van der Waals surface area contributed by atoms with Crippen LogP contribution in [0.25, 0.3) is 0 Å². The van der Waals surface area contributed by atoms with Crippen molar-refractivity contribution in [3.63, 3.8) is 0 Å². The number of halogens is 2. The average Bonchev–Trinajstić information content (AvgIpc) is 2.52. The van der Waals surface area contributed by atoms with E-state index < -0.39 is 0 Å². The molecule has 0 saturated heterocycles. The first kappa shape index (κ1) is 12.1. The van der Waals surface area contributed by atoms with Gasteiger partial charge in [-0.3, -0.25) is 0 Å². The first-order chi connectivity index (χ1) is 7.48. The normalized spacial score (nSPS) is 29.6. The van der Waals surface area contributed by atoms with E-state index in [1.54, 1.807) is 0 Å². The van der Waals surface area contributed by atoms with Crippen LogP contribution in [-0.4, -0.2) is 6.04 Å². The van der Waals surface area contributed by atoms with Gasteiger partial charge in [0.2, 0.25) is 0 Å². The molecule has 0 radical (unpaired) electrons. The van der Waals surface area contributed by atoms with E-state index in [1.807, 2.05) is 6.07 Å². The van der Waals surface area contributed by atoms with Gasteiger partial charge in [-0.15, -0.1) is 0 Å². The highest BCUT2D eigenvalue weighted by Gasteiger charge is 2.33. The van der Waals surface area contributed by atoms with Crippen molar-refractivity contribution in [3.8, 4) is 0 Å². The molecule has 0 amide bonds. The Bertz CT molecular complexity index is 394. The highest BCUT2D eigenvalue weighted by Crippen LogP contribution is 2.41. The lowest BCUT2D eigenvalue weighted by molar-refractivity contribution is 0.329. The smallest absolute Gasteiger partial charge is 0.124 e. The van der Waals surface area contributed by atoms with E-state index in [1.165, 1.54) is 17.7 Å². The summed E-state index contributed by atoms with van der Waals surface area (Å²) in [5.74, 6) is -0.191. The molecule has 88 valence electrons. The van der Waals surface area contributed by atoms with Crippen LogP contribution in [0.15, 0.2) is 22.7 Å². The van der Waals surface area contributed by atoms with E-state index in [4.69, 9.17) is 5.73 Å². The van der Waals surface area contributed by atoms with E-state index in [9.17, 15) is 4.39 Å². The van der Waals surface area contributed by atoms with Crippen molar-refractivity contribution in [1.82, 2.24) is 0 Å². The Morgan fingerprint density at radius 1 is 1.56 bits per heavy atom. The second kappa shape index (κ2) is 4.46.